The molecule has 0 atom stereocenters. The Morgan fingerprint density at radius 2 is 1.85 bits per heavy atom. The van der Waals surface area contributed by atoms with Crippen molar-refractivity contribution in [3.63, 3.8) is 0 Å². The van der Waals surface area contributed by atoms with E-state index < -0.39 is 11.7 Å². The van der Waals surface area contributed by atoms with E-state index in [2.05, 4.69) is 5.32 Å². The summed E-state index contributed by atoms with van der Waals surface area (Å²) in [6.45, 7) is 7.15. The minimum absolute atomic E-state index is 0.225. The molecule has 0 spiro atoms. The molecular formula is C14H19F3N2O. The number of nitrogens with one attached hydrogen (secondary N) is 1. The fourth-order valence-corrected chi connectivity index (χ4v) is 1.82. The number of hydrogen-bond donors (Lipinski definition) is 1. The second-order valence-electron chi connectivity index (χ2n) is 4.54. The molecule has 1 N–H and O–H groups in total. The number of anilines is 1. The van der Waals surface area contributed by atoms with Gasteiger partial charge in [-0.1, -0.05) is 13.8 Å². The van der Waals surface area contributed by atoms with Crippen LogP contribution in [0.3, 0.4) is 0 Å². The van der Waals surface area contributed by atoms with Crippen LogP contribution in [0.4, 0.5) is 18.9 Å². The summed E-state index contributed by atoms with van der Waals surface area (Å²) in [6, 6.07) is 3.30. The van der Waals surface area contributed by atoms with Crippen molar-refractivity contribution in [2.24, 2.45) is 0 Å². The van der Waals surface area contributed by atoms with Gasteiger partial charge in [-0.3, -0.25) is 9.69 Å². The van der Waals surface area contributed by atoms with E-state index in [1.165, 1.54) is 6.07 Å². The Kier molecular flexibility index (Phi) is 5.56. The van der Waals surface area contributed by atoms with Gasteiger partial charge in [0, 0.05) is 5.69 Å². The van der Waals surface area contributed by atoms with Crippen molar-refractivity contribution in [3.8, 4) is 0 Å². The smallest absolute Gasteiger partial charge is 0.325 e. The molecule has 0 saturated heterocycles. The highest BCUT2D eigenvalue weighted by atomic mass is 19.4. The molecule has 0 radical (unpaired) electrons. The number of aryl methyl sites for hydroxylation is 1. The van der Waals surface area contributed by atoms with Gasteiger partial charge in [0.15, 0.2) is 0 Å². The van der Waals surface area contributed by atoms with Crippen LogP contribution in [0.25, 0.3) is 0 Å². The van der Waals surface area contributed by atoms with Crippen molar-refractivity contribution in [1.82, 2.24) is 4.90 Å². The average molecular weight is 288 g/mol. The summed E-state index contributed by atoms with van der Waals surface area (Å²) in [5, 5.41) is 2.64. The quantitative estimate of drug-likeness (QED) is 0.901. The molecule has 20 heavy (non-hydrogen) atoms. The standard InChI is InChI=1S/C14H19F3N2O/c1-4-19(5-2)9-13(20)18-12-7-6-11(8-10(12)3)14(15,16)17/h6-8H,4-5,9H2,1-3H3,(H,18,20). The normalized spacial score (nSPS) is 11.8. The number of amides is 1. The molecule has 0 aliphatic heterocycles. The minimum Gasteiger partial charge on any atom is -0.325 e. The van der Waals surface area contributed by atoms with Crippen molar-refractivity contribution < 1.29 is 18.0 Å². The van der Waals surface area contributed by atoms with Crippen LogP contribution >= 0.6 is 0 Å². The van der Waals surface area contributed by atoms with Gasteiger partial charge in [-0.25, -0.2) is 0 Å². The molecule has 0 heterocycles. The monoisotopic (exact) mass is 288 g/mol. The molecule has 0 aliphatic carbocycles. The third kappa shape index (κ3) is 4.52. The third-order valence-electron chi connectivity index (χ3n) is 3.09. The number of likely N-dealkylation sites (N-methyl/N-ethyl adjacent to an activating group) is 1. The summed E-state index contributed by atoms with van der Waals surface area (Å²) >= 11 is 0. The van der Waals surface area contributed by atoms with Gasteiger partial charge in [0.25, 0.3) is 0 Å². The summed E-state index contributed by atoms with van der Waals surface area (Å²) in [5.41, 5.74) is 0.0969. The Morgan fingerprint density at radius 1 is 1.25 bits per heavy atom. The summed E-state index contributed by atoms with van der Waals surface area (Å²) in [4.78, 5) is 13.7. The van der Waals surface area contributed by atoms with E-state index in [0.717, 1.165) is 25.2 Å². The zero-order valence-corrected chi connectivity index (χ0v) is 11.8. The summed E-state index contributed by atoms with van der Waals surface area (Å²) in [7, 11) is 0. The molecule has 0 unspecified atom stereocenters. The lowest BCUT2D eigenvalue weighted by Gasteiger charge is -2.18. The van der Waals surface area contributed by atoms with Crippen LogP contribution in [0.15, 0.2) is 18.2 Å². The highest BCUT2D eigenvalue weighted by Gasteiger charge is 2.30. The van der Waals surface area contributed by atoms with Gasteiger partial charge in [0.2, 0.25) is 5.91 Å². The first-order chi connectivity index (χ1) is 9.27. The molecule has 6 heteroatoms. The number of rotatable bonds is 5. The number of nitrogens with zero attached hydrogens (tertiary/aromatic N) is 1. The van der Waals surface area contributed by atoms with Crippen LogP contribution in [0.1, 0.15) is 25.0 Å². The van der Waals surface area contributed by atoms with Gasteiger partial charge in [0.1, 0.15) is 0 Å². The number of carbonyl (C=O) groups is 1. The van der Waals surface area contributed by atoms with Crippen LogP contribution in [0, 0.1) is 6.92 Å². The predicted molar refractivity (Wildman–Crippen MR) is 72.6 cm³/mol. The zero-order chi connectivity index (χ0) is 15.3. The fraction of sp³-hybridized carbons (Fsp3) is 0.500. The van der Waals surface area contributed by atoms with E-state index in [-0.39, 0.29) is 12.5 Å². The molecule has 0 saturated carbocycles. The van der Waals surface area contributed by atoms with E-state index in [1.54, 1.807) is 6.92 Å². The Morgan fingerprint density at radius 3 is 2.30 bits per heavy atom. The van der Waals surface area contributed by atoms with Gasteiger partial charge < -0.3 is 5.32 Å². The average Bonchev–Trinajstić information content (AvgIpc) is 2.37. The molecule has 112 valence electrons. The number of halogens is 3. The summed E-state index contributed by atoms with van der Waals surface area (Å²) in [5.74, 6) is -0.225. The Bertz CT molecular complexity index is 468. The molecule has 1 rings (SSSR count). The van der Waals surface area contributed by atoms with E-state index in [0.29, 0.717) is 11.3 Å². The number of benzene rings is 1. The first kappa shape index (κ1) is 16.5. The van der Waals surface area contributed by atoms with Crippen LogP contribution in [0.2, 0.25) is 0 Å². The summed E-state index contributed by atoms with van der Waals surface area (Å²) < 4.78 is 37.6. The summed E-state index contributed by atoms with van der Waals surface area (Å²) in [6.07, 6.45) is -4.37. The number of carbonyl (C=O) groups excluding carboxylic acids is 1. The van der Waals surface area contributed by atoms with Gasteiger partial charge in [-0.05, 0) is 43.8 Å². The van der Waals surface area contributed by atoms with Gasteiger partial charge >= 0.3 is 6.18 Å². The molecule has 0 bridgehead atoms. The largest absolute Gasteiger partial charge is 0.416 e. The third-order valence-corrected chi connectivity index (χ3v) is 3.09. The Hall–Kier alpha value is -1.56. The highest BCUT2D eigenvalue weighted by Crippen LogP contribution is 2.31. The van der Waals surface area contributed by atoms with Crippen LogP contribution in [-0.2, 0) is 11.0 Å². The first-order valence-electron chi connectivity index (χ1n) is 6.48. The molecule has 1 aromatic rings. The van der Waals surface area contributed by atoms with Crippen LogP contribution in [-0.4, -0.2) is 30.4 Å². The van der Waals surface area contributed by atoms with Crippen LogP contribution in [0.5, 0.6) is 0 Å². The molecule has 1 aromatic carbocycles. The molecule has 3 nitrogen and oxygen atoms in total. The number of alkyl halides is 3. The van der Waals surface area contributed by atoms with Gasteiger partial charge in [0.05, 0.1) is 12.1 Å². The lowest BCUT2D eigenvalue weighted by molar-refractivity contribution is -0.137. The number of hydrogen-bond acceptors (Lipinski definition) is 2. The maximum absolute atomic E-state index is 12.5. The van der Waals surface area contributed by atoms with Gasteiger partial charge in [-0.15, -0.1) is 0 Å². The van der Waals surface area contributed by atoms with Gasteiger partial charge in [-0.2, -0.15) is 13.2 Å². The van der Waals surface area contributed by atoms with Crippen molar-refractivity contribution in [2.45, 2.75) is 26.9 Å². The topological polar surface area (TPSA) is 32.3 Å². The highest BCUT2D eigenvalue weighted by molar-refractivity contribution is 5.93. The first-order valence-corrected chi connectivity index (χ1v) is 6.48. The Balaban J connectivity index is 2.76. The maximum atomic E-state index is 12.5. The van der Waals surface area contributed by atoms with E-state index >= 15 is 0 Å². The fourth-order valence-electron chi connectivity index (χ4n) is 1.82. The van der Waals surface area contributed by atoms with Crippen LogP contribution < -0.4 is 5.32 Å². The maximum Gasteiger partial charge on any atom is 0.416 e. The predicted octanol–water partition coefficient (Wildman–Crippen LogP) is 3.29. The molecule has 0 aromatic heterocycles. The molecule has 1 amide bonds. The van der Waals surface area contributed by atoms with Crippen molar-refractivity contribution in [2.75, 3.05) is 25.0 Å². The second kappa shape index (κ2) is 6.74. The molecule has 0 fully saturated rings. The van der Waals surface area contributed by atoms with Crippen molar-refractivity contribution in [3.05, 3.63) is 29.3 Å². The lowest BCUT2D eigenvalue weighted by atomic mass is 10.1. The minimum atomic E-state index is -4.37. The van der Waals surface area contributed by atoms with Crippen molar-refractivity contribution >= 4 is 11.6 Å². The second-order valence-corrected chi connectivity index (χ2v) is 4.54. The molecular weight excluding hydrogens is 269 g/mol. The molecule has 0 aliphatic rings. The van der Waals surface area contributed by atoms with E-state index in [9.17, 15) is 18.0 Å². The lowest BCUT2D eigenvalue weighted by Crippen LogP contribution is -2.33. The SMILES string of the molecule is CCN(CC)CC(=O)Nc1ccc(C(F)(F)F)cc1C. The Labute approximate surface area is 116 Å². The zero-order valence-electron chi connectivity index (χ0n) is 11.8. The van der Waals surface area contributed by atoms with E-state index in [1.807, 2.05) is 18.7 Å². The van der Waals surface area contributed by atoms with E-state index in [4.69, 9.17) is 0 Å². The van der Waals surface area contributed by atoms with Crippen molar-refractivity contribution in [1.29, 1.82) is 0 Å².